The molecule has 2 N–H and O–H groups in total. The van der Waals surface area contributed by atoms with E-state index in [9.17, 15) is 9.59 Å². The number of aromatic carboxylic acids is 1. The summed E-state index contributed by atoms with van der Waals surface area (Å²) >= 11 is 5.89. The molecule has 92 valence electrons. The number of anilines is 1. The molecule has 17 heavy (non-hydrogen) atoms. The van der Waals surface area contributed by atoms with Crippen LogP contribution < -0.4 is 5.32 Å². The maximum Gasteiger partial charge on any atom is 0.335 e. The molecule has 1 aromatic rings. The van der Waals surface area contributed by atoms with Crippen molar-refractivity contribution in [2.45, 2.75) is 20.8 Å². The zero-order chi connectivity index (χ0) is 13.2. The summed E-state index contributed by atoms with van der Waals surface area (Å²) in [5, 5.41) is 11.8. The van der Waals surface area contributed by atoms with Gasteiger partial charge >= 0.3 is 5.97 Å². The van der Waals surface area contributed by atoms with Crippen LogP contribution in [0.2, 0.25) is 5.02 Å². The van der Waals surface area contributed by atoms with Crippen LogP contribution in [0.25, 0.3) is 0 Å². The molecule has 0 saturated carbocycles. The van der Waals surface area contributed by atoms with E-state index in [0.717, 1.165) is 0 Å². The summed E-state index contributed by atoms with van der Waals surface area (Å²) in [5.74, 6) is -1.28. The molecule has 0 fully saturated rings. The van der Waals surface area contributed by atoms with Gasteiger partial charge < -0.3 is 10.4 Å². The third-order valence-corrected chi connectivity index (χ3v) is 2.47. The lowest BCUT2D eigenvalue weighted by Crippen LogP contribution is -2.27. The summed E-state index contributed by atoms with van der Waals surface area (Å²) in [6, 6.07) is 4.18. The Morgan fingerprint density at radius 2 is 1.88 bits per heavy atom. The Hall–Kier alpha value is -1.55. The number of carbonyl (C=O) groups excluding carboxylic acids is 1. The maximum absolute atomic E-state index is 11.8. The SMILES string of the molecule is CC(C)(C)C(=O)Nc1cc(C(=O)O)ccc1Cl. The molecular formula is C12H14ClNO3. The Kier molecular flexibility index (Phi) is 3.78. The van der Waals surface area contributed by atoms with Gasteiger partial charge in [-0.05, 0) is 18.2 Å². The summed E-state index contributed by atoms with van der Waals surface area (Å²) in [5.41, 5.74) is -0.173. The van der Waals surface area contributed by atoms with Gasteiger partial charge in [0.05, 0.1) is 16.3 Å². The van der Waals surface area contributed by atoms with Crippen molar-refractivity contribution in [2.75, 3.05) is 5.32 Å². The van der Waals surface area contributed by atoms with Crippen molar-refractivity contribution in [3.05, 3.63) is 28.8 Å². The Balaban J connectivity index is 3.02. The van der Waals surface area contributed by atoms with Gasteiger partial charge in [0.1, 0.15) is 0 Å². The number of amides is 1. The number of hydrogen-bond acceptors (Lipinski definition) is 2. The molecule has 1 rings (SSSR count). The summed E-state index contributed by atoms with van der Waals surface area (Å²) < 4.78 is 0. The van der Waals surface area contributed by atoms with E-state index >= 15 is 0 Å². The number of carboxylic acid groups (broad SMARTS) is 1. The second-order valence-electron chi connectivity index (χ2n) is 4.70. The molecule has 0 spiro atoms. The standard InChI is InChI=1S/C12H14ClNO3/c1-12(2,3)11(17)14-9-6-7(10(15)16)4-5-8(9)13/h4-6H,1-3H3,(H,14,17)(H,15,16). The van der Waals surface area contributed by atoms with Crippen molar-refractivity contribution in [3.63, 3.8) is 0 Å². The van der Waals surface area contributed by atoms with Crippen molar-refractivity contribution in [1.82, 2.24) is 0 Å². The van der Waals surface area contributed by atoms with Crippen LogP contribution in [0.4, 0.5) is 5.69 Å². The Labute approximate surface area is 105 Å². The fourth-order valence-corrected chi connectivity index (χ4v) is 1.23. The minimum atomic E-state index is -1.06. The van der Waals surface area contributed by atoms with E-state index in [-0.39, 0.29) is 11.5 Å². The minimum absolute atomic E-state index is 0.0820. The second kappa shape index (κ2) is 4.75. The Bertz CT molecular complexity index is 463. The van der Waals surface area contributed by atoms with Gasteiger partial charge in [-0.1, -0.05) is 32.4 Å². The molecular weight excluding hydrogens is 242 g/mol. The highest BCUT2D eigenvalue weighted by Crippen LogP contribution is 2.25. The number of rotatable bonds is 2. The third-order valence-electron chi connectivity index (χ3n) is 2.14. The predicted molar refractivity (Wildman–Crippen MR) is 66.5 cm³/mol. The van der Waals surface area contributed by atoms with E-state index in [1.807, 2.05) is 0 Å². The average molecular weight is 256 g/mol. The van der Waals surface area contributed by atoms with Crippen molar-refractivity contribution in [2.24, 2.45) is 5.41 Å². The molecule has 0 radical (unpaired) electrons. The molecule has 0 aliphatic carbocycles. The fourth-order valence-electron chi connectivity index (χ4n) is 1.06. The Morgan fingerprint density at radius 1 is 1.29 bits per heavy atom. The van der Waals surface area contributed by atoms with Crippen molar-refractivity contribution >= 4 is 29.2 Å². The zero-order valence-electron chi connectivity index (χ0n) is 9.87. The van der Waals surface area contributed by atoms with Crippen LogP contribution in [0.1, 0.15) is 31.1 Å². The molecule has 0 unspecified atom stereocenters. The highest BCUT2D eigenvalue weighted by molar-refractivity contribution is 6.33. The molecule has 0 saturated heterocycles. The first-order valence-electron chi connectivity index (χ1n) is 5.06. The Morgan fingerprint density at radius 3 is 2.35 bits per heavy atom. The van der Waals surface area contributed by atoms with E-state index < -0.39 is 11.4 Å². The van der Waals surface area contributed by atoms with Crippen molar-refractivity contribution in [3.8, 4) is 0 Å². The minimum Gasteiger partial charge on any atom is -0.478 e. The smallest absolute Gasteiger partial charge is 0.335 e. The van der Waals surface area contributed by atoms with Crippen LogP contribution in [0.15, 0.2) is 18.2 Å². The number of halogens is 1. The van der Waals surface area contributed by atoms with Gasteiger partial charge in [-0.15, -0.1) is 0 Å². The molecule has 0 atom stereocenters. The zero-order valence-corrected chi connectivity index (χ0v) is 10.6. The molecule has 1 amide bonds. The van der Waals surface area contributed by atoms with E-state index in [4.69, 9.17) is 16.7 Å². The molecule has 0 aromatic heterocycles. The van der Waals surface area contributed by atoms with E-state index in [1.165, 1.54) is 18.2 Å². The number of hydrogen-bond donors (Lipinski definition) is 2. The largest absolute Gasteiger partial charge is 0.478 e. The molecule has 0 heterocycles. The van der Waals surface area contributed by atoms with Gasteiger partial charge in [-0.25, -0.2) is 4.79 Å². The van der Waals surface area contributed by atoms with Crippen LogP contribution in [0.5, 0.6) is 0 Å². The van der Waals surface area contributed by atoms with Gasteiger partial charge in [0.2, 0.25) is 5.91 Å². The maximum atomic E-state index is 11.8. The van der Waals surface area contributed by atoms with Crippen molar-refractivity contribution in [1.29, 1.82) is 0 Å². The monoisotopic (exact) mass is 255 g/mol. The normalized spacial score (nSPS) is 11.1. The number of carbonyl (C=O) groups is 2. The molecule has 0 aliphatic heterocycles. The second-order valence-corrected chi connectivity index (χ2v) is 5.11. The summed E-state index contributed by atoms with van der Waals surface area (Å²) in [6.45, 7) is 5.28. The lowest BCUT2D eigenvalue weighted by molar-refractivity contribution is -0.123. The fraction of sp³-hybridized carbons (Fsp3) is 0.333. The quantitative estimate of drug-likeness (QED) is 0.854. The summed E-state index contributed by atoms with van der Waals surface area (Å²) in [7, 11) is 0. The number of benzene rings is 1. The third kappa shape index (κ3) is 3.46. The summed E-state index contributed by atoms with van der Waals surface area (Å²) in [6.07, 6.45) is 0. The highest BCUT2D eigenvalue weighted by Gasteiger charge is 2.22. The van der Waals surface area contributed by atoms with Crippen LogP contribution >= 0.6 is 11.6 Å². The van der Waals surface area contributed by atoms with Crippen LogP contribution in [0.3, 0.4) is 0 Å². The summed E-state index contributed by atoms with van der Waals surface area (Å²) in [4.78, 5) is 22.5. The average Bonchev–Trinajstić information content (AvgIpc) is 2.19. The highest BCUT2D eigenvalue weighted by atomic mass is 35.5. The molecule has 5 heteroatoms. The predicted octanol–water partition coefficient (Wildman–Crippen LogP) is 3.02. The van der Waals surface area contributed by atoms with Gasteiger partial charge in [0, 0.05) is 5.41 Å². The first kappa shape index (κ1) is 13.5. The molecule has 4 nitrogen and oxygen atoms in total. The molecule has 0 aliphatic rings. The van der Waals surface area contributed by atoms with Crippen molar-refractivity contribution < 1.29 is 14.7 Å². The number of nitrogens with one attached hydrogen (secondary N) is 1. The van der Waals surface area contributed by atoms with E-state index in [1.54, 1.807) is 20.8 Å². The first-order chi connectivity index (χ1) is 7.71. The van der Waals surface area contributed by atoms with Crippen LogP contribution in [-0.2, 0) is 4.79 Å². The van der Waals surface area contributed by atoms with Crippen LogP contribution in [-0.4, -0.2) is 17.0 Å². The van der Waals surface area contributed by atoms with Gasteiger partial charge in [0.25, 0.3) is 0 Å². The number of carboxylic acids is 1. The van der Waals surface area contributed by atoms with Crippen LogP contribution in [0, 0.1) is 5.41 Å². The topological polar surface area (TPSA) is 66.4 Å². The van der Waals surface area contributed by atoms with Gasteiger partial charge in [-0.2, -0.15) is 0 Å². The first-order valence-corrected chi connectivity index (χ1v) is 5.44. The van der Waals surface area contributed by atoms with E-state index in [2.05, 4.69) is 5.32 Å². The lowest BCUT2D eigenvalue weighted by Gasteiger charge is -2.18. The lowest BCUT2D eigenvalue weighted by atomic mass is 9.95. The van der Waals surface area contributed by atoms with Gasteiger partial charge in [-0.3, -0.25) is 4.79 Å². The van der Waals surface area contributed by atoms with E-state index in [0.29, 0.717) is 10.7 Å². The molecule has 0 bridgehead atoms. The molecule has 1 aromatic carbocycles. The van der Waals surface area contributed by atoms with Gasteiger partial charge in [0.15, 0.2) is 0 Å².